The molecule has 0 spiro atoms. The molecule has 0 unspecified atom stereocenters. The van der Waals surface area contributed by atoms with Gasteiger partial charge in [0.2, 0.25) is 0 Å². The van der Waals surface area contributed by atoms with E-state index >= 15 is 0 Å². The fraction of sp³-hybridized carbons (Fsp3) is 0.462. The zero-order valence-electron chi connectivity index (χ0n) is 17.8. The average Bonchev–Trinajstić information content (AvgIpc) is 3.49. The van der Waals surface area contributed by atoms with Gasteiger partial charge in [0.25, 0.3) is 5.91 Å². The van der Waals surface area contributed by atoms with Crippen LogP contribution < -0.4 is 0 Å². The van der Waals surface area contributed by atoms with Crippen molar-refractivity contribution in [1.82, 2.24) is 14.8 Å². The van der Waals surface area contributed by atoms with Crippen LogP contribution in [0, 0.1) is 11.8 Å². The highest BCUT2D eigenvalue weighted by atomic mass is 16.2. The van der Waals surface area contributed by atoms with Crippen LogP contribution in [0.25, 0.3) is 0 Å². The number of rotatable bonds is 5. The first-order valence-corrected chi connectivity index (χ1v) is 11.4. The van der Waals surface area contributed by atoms with Gasteiger partial charge in [-0.3, -0.25) is 9.78 Å². The molecule has 5 rings (SSSR count). The summed E-state index contributed by atoms with van der Waals surface area (Å²) in [4.78, 5) is 21.6. The summed E-state index contributed by atoms with van der Waals surface area (Å²) >= 11 is 0. The van der Waals surface area contributed by atoms with Crippen LogP contribution in [0.1, 0.15) is 47.2 Å². The van der Waals surface area contributed by atoms with E-state index in [-0.39, 0.29) is 5.91 Å². The molecule has 1 aromatic heterocycles. The minimum absolute atomic E-state index is 0.108. The van der Waals surface area contributed by atoms with Gasteiger partial charge in [-0.25, -0.2) is 0 Å². The van der Waals surface area contributed by atoms with Crippen LogP contribution in [0.4, 0.5) is 0 Å². The molecule has 2 saturated heterocycles. The number of amides is 1. The topological polar surface area (TPSA) is 36.4 Å². The quantitative estimate of drug-likeness (QED) is 0.706. The van der Waals surface area contributed by atoms with Crippen molar-refractivity contribution in [2.45, 2.75) is 38.1 Å². The van der Waals surface area contributed by atoms with Crippen molar-refractivity contribution < 1.29 is 4.79 Å². The maximum atomic E-state index is 12.8. The van der Waals surface area contributed by atoms with Crippen molar-refractivity contribution in [3.05, 3.63) is 77.6 Å². The number of carbonyl (C=O) groups excluding carboxylic acids is 1. The molecule has 0 saturated carbocycles. The van der Waals surface area contributed by atoms with Crippen LogP contribution in [0.15, 0.2) is 60.9 Å². The molecule has 2 fully saturated rings. The number of carbonyl (C=O) groups is 1. The lowest BCUT2D eigenvalue weighted by atomic mass is 9.85. The molecule has 3 heterocycles. The third kappa shape index (κ3) is 3.81. The van der Waals surface area contributed by atoms with Crippen LogP contribution in [0.2, 0.25) is 0 Å². The summed E-state index contributed by atoms with van der Waals surface area (Å²) < 4.78 is 0. The molecule has 1 aliphatic carbocycles. The van der Waals surface area contributed by atoms with E-state index in [4.69, 9.17) is 0 Å². The Labute approximate surface area is 179 Å². The molecule has 1 aromatic carbocycles. The number of pyridine rings is 1. The molecular formula is C26H31N3O. The first-order valence-electron chi connectivity index (χ1n) is 11.4. The van der Waals surface area contributed by atoms with Crippen molar-refractivity contribution in [2.75, 3.05) is 26.2 Å². The smallest absolute Gasteiger partial charge is 0.255 e. The zero-order valence-corrected chi connectivity index (χ0v) is 17.8. The number of hydrogen-bond donors (Lipinski definition) is 0. The number of allylic oxidation sites excluding steroid dienone is 1. The van der Waals surface area contributed by atoms with E-state index in [1.165, 1.54) is 37.1 Å². The SMILES string of the molecule is C[C@@H]1CCCN1CCc1ccc([C@@H]2C=C[C@@H]3CN(C(=O)c4cccnc4)C[C@@H]32)cc1. The molecule has 156 valence electrons. The van der Waals surface area contributed by atoms with Crippen LogP contribution in [0.3, 0.4) is 0 Å². The van der Waals surface area contributed by atoms with Gasteiger partial charge in [-0.2, -0.15) is 0 Å². The Morgan fingerprint density at radius 1 is 1.13 bits per heavy atom. The molecule has 0 N–H and O–H groups in total. The number of benzene rings is 1. The largest absolute Gasteiger partial charge is 0.338 e. The van der Waals surface area contributed by atoms with Crippen molar-refractivity contribution in [2.24, 2.45) is 11.8 Å². The normalized spacial score (nSPS) is 28.2. The highest BCUT2D eigenvalue weighted by molar-refractivity contribution is 5.94. The van der Waals surface area contributed by atoms with Gasteiger partial charge in [0.1, 0.15) is 0 Å². The summed E-state index contributed by atoms with van der Waals surface area (Å²) in [5.41, 5.74) is 3.50. The predicted molar refractivity (Wildman–Crippen MR) is 119 cm³/mol. The maximum absolute atomic E-state index is 12.8. The Balaban J connectivity index is 1.21. The van der Waals surface area contributed by atoms with E-state index in [1.54, 1.807) is 12.4 Å². The Morgan fingerprint density at radius 2 is 2.00 bits per heavy atom. The number of hydrogen-bond acceptors (Lipinski definition) is 3. The average molecular weight is 402 g/mol. The number of aromatic nitrogens is 1. The Bertz CT molecular complexity index is 908. The minimum Gasteiger partial charge on any atom is -0.338 e. The second-order valence-corrected chi connectivity index (χ2v) is 9.21. The number of nitrogens with zero attached hydrogens (tertiary/aromatic N) is 3. The van der Waals surface area contributed by atoms with Crippen molar-refractivity contribution >= 4 is 5.91 Å². The molecule has 0 bridgehead atoms. The zero-order chi connectivity index (χ0) is 20.5. The van der Waals surface area contributed by atoms with Crippen LogP contribution in [-0.2, 0) is 6.42 Å². The molecule has 4 nitrogen and oxygen atoms in total. The van der Waals surface area contributed by atoms with Crippen molar-refractivity contribution in [3.8, 4) is 0 Å². The highest BCUT2D eigenvalue weighted by Gasteiger charge is 2.41. The monoisotopic (exact) mass is 401 g/mol. The van der Waals surface area contributed by atoms with Gasteiger partial charge in [-0.05, 0) is 67.8 Å². The lowest BCUT2D eigenvalue weighted by Gasteiger charge is -2.22. The van der Waals surface area contributed by atoms with Gasteiger partial charge >= 0.3 is 0 Å². The van der Waals surface area contributed by atoms with E-state index in [0.717, 1.165) is 25.6 Å². The molecule has 4 atom stereocenters. The summed E-state index contributed by atoms with van der Waals surface area (Å²) in [7, 11) is 0. The van der Waals surface area contributed by atoms with Gasteiger partial charge in [-0.1, -0.05) is 36.4 Å². The Morgan fingerprint density at radius 3 is 2.73 bits per heavy atom. The summed E-state index contributed by atoms with van der Waals surface area (Å²) in [5.74, 6) is 1.47. The third-order valence-corrected chi connectivity index (χ3v) is 7.38. The fourth-order valence-corrected chi connectivity index (χ4v) is 5.54. The van der Waals surface area contributed by atoms with Gasteiger partial charge in [-0.15, -0.1) is 0 Å². The van der Waals surface area contributed by atoms with Crippen LogP contribution >= 0.6 is 0 Å². The second-order valence-electron chi connectivity index (χ2n) is 9.21. The minimum atomic E-state index is 0.108. The summed E-state index contributed by atoms with van der Waals surface area (Å²) in [6, 6.07) is 13.7. The second kappa shape index (κ2) is 8.35. The summed E-state index contributed by atoms with van der Waals surface area (Å²) in [5, 5.41) is 0. The molecule has 4 heteroatoms. The maximum Gasteiger partial charge on any atom is 0.255 e. The lowest BCUT2D eigenvalue weighted by Crippen LogP contribution is -2.29. The van der Waals surface area contributed by atoms with Gasteiger partial charge < -0.3 is 9.80 Å². The molecule has 30 heavy (non-hydrogen) atoms. The molecular weight excluding hydrogens is 370 g/mol. The fourth-order valence-electron chi connectivity index (χ4n) is 5.54. The van der Waals surface area contributed by atoms with Gasteiger partial charge in [0.15, 0.2) is 0 Å². The van der Waals surface area contributed by atoms with Gasteiger partial charge in [0.05, 0.1) is 5.56 Å². The predicted octanol–water partition coefficient (Wildman–Crippen LogP) is 4.15. The summed E-state index contributed by atoms with van der Waals surface area (Å²) in [6.07, 6.45) is 11.9. The van der Waals surface area contributed by atoms with Crippen molar-refractivity contribution in [1.29, 1.82) is 0 Å². The molecule has 0 radical (unpaired) electrons. The van der Waals surface area contributed by atoms with E-state index in [9.17, 15) is 4.79 Å². The first kappa shape index (κ1) is 19.5. The van der Waals surface area contributed by atoms with Crippen molar-refractivity contribution in [3.63, 3.8) is 0 Å². The van der Waals surface area contributed by atoms with Crippen LogP contribution in [-0.4, -0.2) is 52.9 Å². The molecule has 2 aliphatic heterocycles. The van der Waals surface area contributed by atoms with Gasteiger partial charge in [0, 0.05) is 44.0 Å². The Hall–Kier alpha value is -2.46. The molecule has 1 amide bonds. The molecule has 3 aliphatic rings. The number of likely N-dealkylation sites (tertiary alicyclic amines) is 2. The number of fused-ring (bicyclic) bond motifs is 1. The standard InChI is InChI=1S/C26H31N3O/c1-19-4-3-14-28(19)15-12-20-6-8-21(9-7-20)24-11-10-23-17-29(18-25(23)24)26(30)22-5-2-13-27-16-22/h2,5-11,13,16,19,23-25H,3-4,12,14-15,17-18H2,1H3/t19-,23-,24+,25+/m1/s1. The van der Waals surface area contributed by atoms with E-state index in [0.29, 0.717) is 23.3 Å². The highest BCUT2D eigenvalue weighted by Crippen LogP contribution is 2.43. The van der Waals surface area contributed by atoms with E-state index in [2.05, 4.69) is 53.2 Å². The van der Waals surface area contributed by atoms with Crippen LogP contribution in [0.5, 0.6) is 0 Å². The Kier molecular flexibility index (Phi) is 5.43. The third-order valence-electron chi connectivity index (χ3n) is 7.38. The van der Waals surface area contributed by atoms with E-state index < -0.39 is 0 Å². The first-order chi connectivity index (χ1) is 14.7. The van der Waals surface area contributed by atoms with E-state index in [1.807, 2.05) is 17.0 Å². The molecule has 2 aromatic rings. The summed E-state index contributed by atoms with van der Waals surface area (Å²) in [6.45, 7) is 6.41. The lowest BCUT2D eigenvalue weighted by molar-refractivity contribution is 0.0783.